The first kappa shape index (κ1) is 11.6. The molecule has 0 N–H and O–H groups in total. The summed E-state index contributed by atoms with van der Waals surface area (Å²) in [5, 5.41) is 0. The lowest BCUT2D eigenvalue weighted by Crippen LogP contribution is -2.28. The van der Waals surface area contributed by atoms with E-state index >= 15 is 0 Å². The van der Waals surface area contributed by atoms with Crippen LogP contribution < -0.4 is 9.47 Å². The summed E-state index contributed by atoms with van der Waals surface area (Å²) in [5.74, 6) is -0.602. The number of rotatable bonds is 1. The summed E-state index contributed by atoms with van der Waals surface area (Å²) < 4.78 is 72.4. The second kappa shape index (κ2) is 3.07. The Morgan fingerprint density at radius 3 is 2.17 bits per heavy atom. The lowest BCUT2D eigenvalue weighted by Gasteiger charge is -2.19. The van der Waals surface area contributed by atoms with Crippen molar-refractivity contribution >= 4 is 0 Å². The summed E-state index contributed by atoms with van der Waals surface area (Å²) in [7, 11) is 0. The molecular formula is C11H7F5O2. The van der Waals surface area contributed by atoms with E-state index < -0.39 is 17.9 Å². The average molecular weight is 266 g/mol. The van der Waals surface area contributed by atoms with Crippen LogP contribution in [0.15, 0.2) is 18.2 Å². The van der Waals surface area contributed by atoms with Crippen molar-refractivity contribution in [3.05, 3.63) is 23.8 Å². The van der Waals surface area contributed by atoms with Gasteiger partial charge in [0.1, 0.15) is 0 Å². The number of benzene rings is 1. The van der Waals surface area contributed by atoms with Gasteiger partial charge in [0.15, 0.2) is 11.5 Å². The SMILES string of the molecule is FC1(F)Oc2ccc(C3(C(F)(F)F)CC3)cc2O1. The fourth-order valence-corrected chi connectivity index (χ4v) is 2.11. The second-order valence-electron chi connectivity index (χ2n) is 4.41. The monoisotopic (exact) mass is 266 g/mol. The molecule has 1 aliphatic heterocycles. The molecule has 1 saturated carbocycles. The van der Waals surface area contributed by atoms with E-state index in [0.717, 1.165) is 18.2 Å². The molecule has 0 atom stereocenters. The quantitative estimate of drug-likeness (QED) is 0.723. The molecule has 0 bridgehead atoms. The predicted octanol–water partition coefficient (Wildman–Crippen LogP) is 3.60. The zero-order chi connectivity index (χ0) is 13.2. The van der Waals surface area contributed by atoms with Gasteiger partial charge in [-0.2, -0.15) is 13.2 Å². The van der Waals surface area contributed by atoms with Crippen LogP contribution in [-0.2, 0) is 5.41 Å². The van der Waals surface area contributed by atoms with E-state index in [9.17, 15) is 22.0 Å². The third kappa shape index (κ3) is 1.53. The number of alkyl halides is 5. The van der Waals surface area contributed by atoms with Gasteiger partial charge in [0, 0.05) is 0 Å². The van der Waals surface area contributed by atoms with E-state index in [0.29, 0.717) is 0 Å². The molecule has 1 aliphatic carbocycles. The van der Waals surface area contributed by atoms with Crippen LogP contribution in [0.1, 0.15) is 18.4 Å². The van der Waals surface area contributed by atoms with Crippen LogP contribution in [0.25, 0.3) is 0 Å². The number of hydrogen-bond acceptors (Lipinski definition) is 2. The lowest BCUT2D eigenvalue weighted by atomic mass is 9.95. The highest BCUT2D eigenvalue weighted by atomic mass is 19.4. The largest absolute Gasteiger partial charge is 0.586 e. The van der Waals surface area contributed by atoms with Crippen LogP contribution in [0.3, 0.4) is 0 Å². The lowest BCUT2D eigenvalue weighted by molar-refractivity contribution is -0.286. The maximum Gasteiger partial charge on any atom is 0.586 e. The third-order valence-corrected chi connectivity index (χ3v) is 3.25. The summed E-state index contributed by atoms with van der Waals surface area (Å²) in [5.41, 5.74) is -1.97. The molecule has 7 heteroatoms. The van der Waals surface area contributed by atoms with Gasteiger partial charge < -0.3 is 9.47 Å². The highest BCUT2D eigenvalue weighted by Gasteiger charge is 2.64. The van der Waals surface area contributed by atoms with Crippen molar-refractivity contribution in [2.45, 2.75) is 30.7 Å². The Morgan fingerprint density at radius 1 is 1.00 bits per heavy atom. The van der Waals surface area contributed by atoms with Crippen LogP contribution >= 0.6 is 0 Å². The number of ether oxygens (including phenoxy) is 2. The standard InChI is InChI=1S/C11H7F5O2/c12-10(13,14)9(3-4-9)6-1-2-7-8(5-6)18-11(15,16)17-7/h1-2,5H,3-4H2. The van der Waals surface area contributed by atoms with Gasteiger partial charge in [-0.15, -0.1) is 8.78 Å². The van der Waals surface area contributed by atoms with Crippen LogP contribution in [-0.4, -0.2) is 12.5 Å². The van der Waals surface area contributed by atoms with Crippen LogP contribution in [0.5, 0.6) is 11.5 Å². The molecule has 0 aromatic heterocycles. The smallest absolute Gasteiger partial charge is 0.395 e. The predicted molar refractivity (Wildman–Crippen MR) is 49.6 cm³/mol. The molecule has 0 radical (unpaired) electrons. The summed E-state index contributed by atoms with van der Waals surface area (Å²) in [4.78, 5) is 0. The zero-order valence-corrected chi connectivity index (χ0v) is 8.85. The van der Waals surface area contributed by atoms with Crippen molar-refractivity contribution in [3.63, 3.8) is 0 Å². The van der Waals surface area contributed by atoms with Crippen LogP contribution in [0.4, 0.5) is 22.0 Å². The van der Waals surface area contributed by atoms with Crippen LogP contribution in [0.2, 0.25) is 0 Å². The van der Waals surface area contributed by atoms with Gasteiger partial charge in [-0.05, 0) is 30.5 Å². The maximum absolute atomic E-state index is 12.9. The van der Waals surface area contributed by atoms with E-state index in [4.69, 9.17) is 0 Å². The molecule has 1 heterocycles. The first-order valence-electron chi connectivity index (χ1n) is 5.21. The molecule has 0 saturated heterocycles. The van der Waals surface area contributed by atoms with E-state index in [-0.39, 0.29) is 29.9 Å². The Balaban J connectivity index is 1.99. The first-order valence-corrected chi connectivity index (χ1v) is 5.21. The minimum atomic E-state index is -4.39. The van der Waals surface area contributed by atoms with Crippen molar-refractivity contribution in [2.75, 3.05) is 0 Å². The van der Waals surface area contributed by atoms with Gasteiger partial charge >= 0.3 is 12.5 Å². The Labute approximate surface area is 98.3 Å². The van der Waals surface area contributed by atoms with E-state index in [1.165, 1.54) is 0 Å². The molecular weight excluding hydrogens is 259 g/mol. The van der Waals surface area contributed by atoms with Gasteiger partial charge in [0.2, 0.25) is 0 Å². The van der Waals surface area contributed by atoms with E-state index in [2.05, 4.69) is 9.47 Å². The molecule has 1 aromatic rings. The second-order valence-corrected chi connectivity index (χ2v) is 4.41. The third-order valence-electron chi connectivity index (χ3n) is 3.25. The molecule has 2 nitrogen and oxygen atoms in total. The fraction of sp³-hybridized carbons (Fsp3) is 0.455. The Hall–Kier alpha value is -1.53. The zero-order valence-electron chi connectivity index (χ0n) is 8.85. The van der Waals surface area contributed by atoms with E-state index in [1.54, 1.807) is 0 Å². The molecule has 2 aliphatic rings. The first-order chi connectivity index (χ1) is 8.24. The maximum atomic E-state index is 12.9. The highest BCUT2D eigenvalue weighted by molar-refractivity contribution is 5.49. The Morgan fingerprint density at radius 2 is 1.61 bits per heavy atom. The highest BCUT2D eigenvalue weighted by Crippen LogP contribution is 2.60. The number of fused-ring (bicyclic) bond motifs is 1. The molecule has 0 unspecified atom stereocenters. The number of hydrogen-bond donors (Lipinski definition) is 0. The molecule has 98 valence electrons. The normalized spacial score (nSPS) is 22.9. The molecule has 3 rings (SSSR count). The van der Waals surface area contributed by atoms with Gasteiger partial charge in [-0.1, -0.05) is 6.07 Å². The van der Waals surface area contributed by atoms with Gasteiger partial charge in [0.05, 0.1) is 5.41 Å². The average Bonchev–Trinajstić information content (AvgIpc) is 2.95. The topological polar surface area (TPSA) is 18.5 Å². The molecule has 18 heavy (non-hydrogen) atoms. The summed E-state index contributed by atoms with van der Waals surface area (Å²) in [6, 6.07) is 3.22. The minimum Gasteiger partial charge on any atom is -0.395 e. The van der Waals surface area contributed by atoms with Gasteiger partial charge in [-0.25, -0.2) is 0 Å². The molecule has 0 spiro atoms. The van der Waals surface area contributed by atoms with Gasteiger partial charge in [-0.3, -0.25) is 0 Å². The van der Waals surface area contributed by atoms with Crippen molar-refractivity contribution in [1.29, 1.82) is 0 Å². The fourth-order valence-electron chi connectivity index (χ4n) is 2.11. The van der Waals surface area contributed by atoms with E-state index in [1.807, 2.05) is 0 Å². The minimum absolute atomic E-state index is 0.0352. The summed E-state index contributed by atoms with van der Waals surface area (Å²) >= 11 is 0. The molecule has 1 fully saturated rings. The van der Waals surface area contributed by atoms with Crippen molar-refractivity contribution in [1.82, 2.24) is 0 Å². The van der Waals surface area contributed by atoms with Crippen LogP contribution in [0, 0.1) is 0 Å². The van der Waals surface area contributed by atoms with Crippen molar-refractivity contribution in [2.24, 2.45) is 0 Å². The summed E-state index contributed by atoms with van der Waals surface area (Å²) in [6.45, 7) is 0. The molecule has 0 amide bonds. The van der Waals surface area contributed by atoms with Gasteiger partial charge in [0.25, 0.3) is 0 Å². The Kier molecular flexibility index (Phi) is 1.97. The number of halogens is 5. The Bertz CT molecular complexity index is 505. The summed E-state index contributed by atoms with van der Waals surface area (Å²) in [6.07, 6.45) is -8.27. The van der Waals surface area contributed by atoms with Crippen molar-refractivity contribution < 1.29 is 31.4 Å². The molecule has 1 aromatic carbocycles. The van der Waals surface area contributed by atoms with Crippen molar-refractivity contribution in [3.8, 4) is 11.5 Å².